The molecule has 0 bridgehead atoms. The Labute approximate surface area is 113 Å². The van der Waals surface area contributed by atoms with Gasteiger partial charge in [0.2, 0.25) is 5.91 Å². The fourth-order valence-electron chi connectivity index (χ4n) is 2.78. The van der Waals surface area contributed by atoms with Crippen LogP contribution in [0.4, 0.5) is 0 Å². The molecule has 1 amide bonds. The van der Waals surface area contributed by atoms with Crippen LogP contribution in [-0.4, -0.2) is 22.3 Å². The maximum atomic E-state index is 11.9. The zero-order valence-electron chi connectivity index (χ0n) is 11.1. The van der Waals surface area contributed by atoms with Gasteiger partial charge < -0.3 is 9.88 Å². The number of carbonyl (C=O) groups excluding carboxylic acids is 2. The SMILES string of the molecule is O=C(Cn1ccc(C(=O)C2CC2)c1)NC1CCCC1. The molecule has 2 fully saturated rings. The normalized spacial score (nSPS) is 19.6. The number of hydrogen-bond acceptors (Lipinski definition) is 2. The van der Waals surface area contributed by atoms with Crippen LogP contribution in [0.2, 0.25) is 0 Å². The van der Waals surface area contributed by atoms with Crippen LogP contribution < -0.4 is 5.32 Å². The number of hydrogen-bond donors (Lipinski definition) is 1. The van der Waals surface area contributed by atoms with Crippen molar-refractivity contribution in [3.8, 4) is 0 Å². The molecule has 3 rings (SSSR count). The average Bonchev–Trinajstić information content (AvgIpc) is 2.92. The molecule has 4 heteroatoms. The summed E-state index contributed by atoms with van der Waals surface area (Å²) in [6, 6.07) is 2.18. The van der Waals surface area contributed by atoms with Crippen molar-refractivity contribution in [3.05, 3.63) is 24.0 Å². The van der Waals surface area contributed by atoms with Crippen LogP contribution in [0.25, 0.3) is 0 Å². The predicted molar refractivity (Wildman–Crippen MR) is 71.9 cm³/mol. The maximum absolute atomic E-state index is 11.9. The van der Waals surface area contributed by atoms with Gasteiger partial charge in [0.25, 0.3) is 0 Å². The topological polar surface area (TPSA) is 51.1 Å². The summed E-state index contributed by atoms with van der Waals surface area (Å²) in [5.41, 5.74) is 0.746. The van der Waals surface area contributed by atoms with E-state index in [9.17, 15) is 9.59 Å². The molecule has 2 aliphatic carbocycles. The van der Waals surface area contributed by atoms with Gasteiger partial charge in [-0.05, 0) is 31.7 Å². The third-order valence-electron chi connectivity index (χ3n) is 4.03. The van der Waals surface area contributed by atoms with E-state index in [1.165, 1.54) is 12.8 Å². The van der Waals surface area contributed by atoms with Gasteiger partial charge in [-0.1, -0.05) is 12.8 Å². The summed E-state index contributed by atoms with van der Waals surface area (Å²) in [7, 11) is 0. The second-order valence-corrected chi connectivity index (χ2v) is 5.76. The molecule has 0 aromatic carbocycles. The van der Waals surface area contributed by atoms with Crippen LogP contribution in [-0.2, 0) is 11.3 Å². The Morgan fingerprint density at radius 1 is 1.21 bits per heavy atom. The number of Topliss-reactive ketones (excluding diaryl/α,β-unsaturated/α-hetero) is 1. The Bertz CT molecular complexity index is 482. The first-order valence-corrected chi connectivity index (χ1v) is 7.22. The molecule has 102 valence electrons. The van der Waals surface area contributed by atoms with Crippen molar-refractivity contribution in [3.63, 3.8) is 0 Å². The molecule has 1 aromatic heterocycles. The highest BCUT2D eigenvalue weighted by Crippen LogP contribution is 2.32. The lowest BCUT2D eigenvalue weighted by molar-refractivity contribution is -0.122. The molecule has 0 atom stereocenters. The molecule has 0 radical (unpaired) electrons. The van der Waals surface area contributed by atoms with E-state index in [0.29, 0.717) is 12.6 Å². The molecule has 1 aromatic rings. The van der Waals surface area contributed by atoms with E-state index < -0.39 is 0 Å². The molecule has 0 aliphatic heterocycles. The Hall–Kier alpha value is -1.58. The predicted octanol–water partition coefficient (Wildman–Crippen LogP) is 2.14. The molecule has 0 spiro atoms. The Balaban J connectivity index is 1.54. The lowest BCUT2D eigenvalue weighted by atomic mass is 10.1. The van der Waals surface area contributed by atoms with Gasteiger partial charge in [0.05, 0.1) is 0 Å². The van der Waals surface area contributed by atoms with Gasteiger partial charge in [-0.2, -0.15) is 0 Å². The molecular formula is C15H20N2O2. The van der Waals surface area contributed by atoms with Crippen molar-refractivity contribution in [2.45, 2.75) is 51.1 Å². The number of ketones is 1. The molecule has 19 heavy (non-hydrogen) atoms. The van der Waals surface area contributed by atoms with Crippen molar-refractivity contribution in [1.82, 2.24) is 9.88 Å². The molecule has 0 unspecified atom stereocenters. The molecule has 1 heterocycles. The van der Waals surface area contributed by atoms with Gasteiger partial charge in [-0.15, -0.1) is 0 Å². The number of nitrogens with one attached hydrogen (secondary N) is 1. The summed E-state index contributed by atoms with van der Waals surface area (Å²) >= 11 is 0. The summed E-state index contributed by atoms with van der Waals surface area (Å²) in [4.78, 5) is 23.7. The third-order valence-corrected chi connectivity index (χ3v) is 4.03. The van der Waals surface area contributed by atoms with E-state index in [1.807, 2.05) is 12.3 Å². The second-order valence-electron chi connectivity index (χ2n) is 5.76. The number of carbonyl (C=O) groups is 2. The summed E-state index contributed by atoms with van der Waals surface area (Å²) in [5, 5.41) is 3.06. The summed E-state index contributed by atoms with van der Waals surface area (Å²) in [5.74, 6) is 0.519. The van der Waals surface area contributed by atoms with E-state index >= 15 is 0 Å². The minimum absolute atomic E-state index is 0.0490. The first-order chi connectivity index (χ1) is 9.22. The Morgan fingerprint density at radius 3 is 2.63 bits per heavy atom. The zero-order valence-corrected chi connectivity index (χ0v) is 11.1. The quantitative estimate of drug-likeness (QED) is 0.825. The van der Waals surface area contributed by atoms with E-state index in [-0.39, 0.29) is 17.6 Å². The van der Waals surface area contributed by atoms with Crippen LogP contribution in [0, 0.1) is 5.92 Å². The summed E-state index contributed by atoms with van der Waals surface area (Å²) in [6.07, 6.45) is 10.3. The summed E-state index contributed by atoms with van der Waals surface area (Å²) < 4.78 is 1.81. The minimum Gasteiger partial charge on any atom is -0.352 e. The van der Waals surface area contributed by atoms with Gasteiger partial charge >= 0.3 is 0 Å². The smallest absolute Gasteiger partial charge is 0.240 e. The number of aromatic nitrogens is 1. The van der Waals surface area contributed by atoms with Crippen LogP contribution in [0.15, 0.2) is 18.5 Å². The van der Waals surface area contributed by atoms with Crippen molar-refractivity contribution < 1.29 is 9.59 Å². The molecule has 4 nitrogen and oxygen atoms in total. The molecule has 2 aliphatic rings. The van der Waals surface area contributed by atoms with Gasteiger partial charge in [-0.3, -0.25) is 9.59 Å². The Morgan fingerprint density at radius 2 is 1.95 bits per heavy atom. The first kappa shape index (κ1) is 12.5. The monoisotopic (exact) mass is 260 g/mol. The van der Waals surface area contributed by atoms with Crippen molar-refractivity contribution in [2.24, 2.45) is 5.92 Å². The van der Waals surface area contributed by atoms with Crippen molar-refractivity contribution in [2.75, 3.05) is 0 Å². The van der Waals surface area contributed by atoms with Crippen molar-refractivity contribution >= 4 is 11.7 Å². The highest BCUT2D eigenvalue weighted by atomic mass is 16.2. The lowest BCUT2D eigenvalue weighted by Gasteiger charge is -2.12. The average molecular weight is 260 g/mol. The van der Waals surface area contributed by atoms with Crippen LogP contribution in [0.3, 0.4) is 0 Å². The highest BCUT2D eigenvalue weighted by Gasteiger charge is 2.30. The molecule has 2 saturated carbocycles. The zero-order chi connectivity index (χ0) is 13.2. The lowest BCUT2D eigenvalue weighted by Crippen LogP contribution is -2.34. The minimum atomic E-state index is 0.0490. The molecule has 0 saturated heterocycles. The number of rotatable bonds is 5. The summed E-state index contributed by atoms with van der Waals surface area (Å²) in [6.45, 7) is 0.314. The van der Waals surface area contributed by atoms with Crippen molar-refractivity contribution in [1.29, 1.82) is 0 Å². The Kier molecular flexibility index (Phi) is 3.40. The molecular weight excluding hydrogens is 240 g/mol. The van der Waals surface area contributed by atoms with Gasteiger partial charge in [0, 0.05) is 29.9 Å². The van der Waals surface area contributed by atoms with Crippen LogP contribution in [0.5, 0.6) is 0 Å². The van der Waals surface area contributed by atoms with E-state index in [1.54, 1.807) is 10.8 Å². The highest BCUT2D eigenvalue weighted by molar-refractivity contribution is 5.99. The maximum Gasteiger partial charge on any atom is 0.240 e. The van der Waals surface area contributed by atoms with Gasteiger partial charge in [0.15, 0.2) is 5.78 Å². The third kappa shape index (κ3) is 3.06. The van der Waals surface area contributed by atoms with Crippen LogP contribution >= 0.6 is 0 Å². The van der Waals surface area contributed by atoms with Gasteiger partial charge in [-0.25, -0.2) is 0 Å². The van der Waals surface area contributed by atoms with Crippen LogP contribution in [0.1, 0.15) is 48.9 Å². The fourth-order valence-corrected chi connectivity index (χ4v) is 2.78. The van der Waals surface area contributed by atoms with E-state index in [2.05, 4.69) is 5.32 Å². The standard InChI is InChI=1S/C15H20N2O2/c18-14(16-13-3-1-2-4-13)10-17-8-7-12(9-17)15(19)11-5-6-11/h7-9,11,13H,1-6,10H2,(H,16,18). The second kappa shape index (κ2) is 5.19. The molecule has 1 N–H and O–H groups in total. The van der Waals surface area contributed by atoms with Gasteiger partial charge in [0.1, 0.15) is 6.54 Å². The fraction of sp³-hybridized carbons (Fsp3) is 0.600. The first-order valence-electron chi connectivity index (χ1n) is 7.22. The largest absolute Gasteiger partial charge is 0.352 e. The van der Waals surface area contributed by atoms with E-state index in [0.717, 1.165) is 31.2 Å². The van der Waals surface area contributed by atoms with E-state index in [4.69, 9.17) is 0 Å². The number of amides is 1. The number of nitrogens with zero attached hydrogens (tertiary/aromatic N) is 1.